The molecule has 148 valence electrons. The van der Waals surface area contributed by atoms with E-state index in [0.29, 0.717) is 11.3 Å². The summed E-state index contributed by atoms with van der Waals surface area (Å²) in [6.45, 7) is 3.81. The van der Waals surface area contributed by atoms with E-state index in [9.17, 15) is 20.1 Å². The Morgan fingerprint density at radius 3 is 2.57 bits per heavy atom. The summed E-state index contributed by atoms with van der Waals surface area (Å²) < 4.78 is 11.3. The van der Waals surface area contributed by atoms with E-state index in [2.05, 4.69) is 0 Å². The molecule has 3 rings (SSSR count). The van der Waals surface area contributed by atoms with Crippen LogP contribution in [-0.2, 0) is 0 Å². The van der Waals surface area contributed by atoms with E-state index in [1.165, 1.54) is 24.3 Å². The molecule has 0 radical (unpaired) electrons. The van der Waals surface area contributed by atoms with Gasteiger partial charge in [0.1, 0.15) is 29.8 Å². The highest BCUT2D eigenvalue weighted by atomic mass is 16.5. The van der Waals surface area contributed by atoms with Crippen LogP contribution in [0.25, 0.3) is 22.3 Å². The number of phenols is 1. The molecule has 0 aliphatic carbocycles. The predicted octanol–water partition coefficient (Wildman–Crippen LogP) is 2.59. The molecule has 0 fully saturated rings. The maximum atomic E-state index is 12.5. The highest BCUT2D eigenvalue weighted by Crippen LogP contribution is 2.32. The molecule has 0 spiro atoms. The summed E-state index contributed by atoms with van der Waals surface area (Å²) in [6.07, 6.45) is -0.842. The maximum absolute atomic E-state index is 12.5. The molecule has 7 heteroatoms. The van der Waals surface area contributed by atoms with Crippen molar-refractivity contribution in [2.45, 2.75) is 26.0 Å². The third kappa shape index (κ3) is 3.95. The first-order valence-electron chi connectivity index (χ1n) is 8.93. The van der Waals surface area contributed by atoms with Gasteiger partial charge in [-0.05, 0) is 30.2 Å². The minimum atomic E-state index is -0.842. The average Bonchev–Trinajstić information content (AvgIpc) is 2.68. The normalized spacial score (nSPS) is 13.6. The lowest BCUT2D eigenvalue weighted by Crippen LogP contribution is -2.42. The third-order valence-electron chi connectivity index (χ3n) is 4.58. The number of fused-ring (bicyclic) bond motifs is 1. The van der Waals surface area contributed by atoms with Gasteiger partial charge in [0.05, 0.1) is 5.39 Å². The Morgan fingerprint density at radius 2 is 1.89 bits per heavy atom. The van der Waals surface area contributed by atoms with Crippen LogP contribution in [0.2, 0.25) is 0 Å². The Morgan fingerprint density at radius 1 is 1.14 bits per heavy atom. The summed E-state index contributed by atoms with van der Waals surface area (Å²) in [5.74, 6) is -0.121. The minimum Gasteiger partial charge on any atom is -0.508 e. The largest absolute Gasteiger partial charge is 0.508 e. The summed E-state index contributed by atoms with van der Waals surface area (Å²) in [7, 11) is 0. The van der Waals surface area contributed by atoms with E-state index in [0.717, 1.165) is 0 Å². The highest BCUT2D eigenvalue weighted by Gasteiger charge is 2.20. The molecule has 2 atom stereocenters. The van der Waals surface area contributed by atoms with E-state index >= 15 is 0 Å². The fourth-order valence-electron chi connectivity index (χ4n) is 2.83. The second-order valence-corrected chi connectivity index (χ2v) is 7.02. The van der Waals surface area contributed by atoms with Crippen LogP contribution in [0.4, 0.5) is 0 Å². The summed E-state index contributed by atoms with van der Waals surface area (Å²) >= 11 is 0. The average molecular weight is 385 g/mol. The van der Waals surface area contributed by atoms with Gasteiger partial charge < -0.3 is 30.2 Å². The van der Waals surface area contributed by atoms with Crippen molar-refractivity contribution < 1.29 is 24.5 Å². The lowest BCUT2D eigenvalue weighted by Gasteiger charge is -2.22. The zero-order valence-electron chi connectivity index (χ0n) is 15.6. The van der Waals surface area contributed by atoms with Crippen LogP contribution < -0.4 is 15.9 Å². The van der Waals surface area contributed by atoms with Crippen LogP contribution in [-0.4, -0.2) is 34.1 Å². The standard InChI is InChI=1S/C21H23NO6/c1-11(2)18(22)16(24)10-27-14-6-7-15-17(9-14)28-21(20(26)19(15)25)12-4-3-5-13(23)8-12/h3-9,11,16,18,23-24,26H,10,22H2,1-2H3/t16-,18?/m0/s1. The number of aliphatic hydroxyl groups is 1. The number of nitrogens with two attached hydrogens (primary N) is 1. The fourth-order valence-corrected chi connectivity index (χ4v) is 2.83. The van der Waals surface area contributed by atoms with Crippen LogP contribution in [0.3, 0.4) is 0 Å². The molecule has 28 heavy (non-hydrogen) atoms. The first-order valence-corrected chi connectivity index (χ1v) is 8.93. The van der Waals surface area contributed by atoms with Gasteiger partial charge in [-0.25, -0.2) is 0 Å². The quantitative estimate of drug-likeness (QED) is 0.514. The van der Waals surface area contributed by atoms with Crippen molar-refractivity contribution in [1.82, 2.24) is 0 Å². The molecule has 7 nitrogen and oxygen atoms in total. The van der Waals surface area contributed by atoms with Crippen LogP contribution in [0.5, 0.6) is 17.2 Å². The number of hydrogen-bond acceptors (Lipinski definition) is 7. The summed E-state index contributed by atoms with van der Waals surface area (Å²) in [6, 6.07) is 10.2. The Balaban J connectivity index is 1.95. The summed E-state index contributed by atoms with van der Waals surface area (Å²) in [5, 5.41) is 30.1. The second kappa shape index (κ2) is 7.92. The predicted molar refractivity (Wildman–Crippen MR) is 106 cm³/mol. The molecule has 0 aliphatic rings. The molecule has 3 aromatic rings. The Hall–Kier alpha value is -3.03. The SMILES string of the molecule is CC(C)C(N)[C@@H](O)COc1ccc2c(=O)c(O)c(-c3cccc(O)c3)oc2c1. The maximum Gasteiger partial charge on any atom is 0.235 e. The molecule has 5 N–H and O–H groups in total. The molecule has 0 amide bonds. The smallest absolute Gasteiger partial charge is 0.235 e. The molecule has 0 aliphatic heterocycles. The fraction of sp³-hybridized carbons (Fsp3) is 0.286. The van der Waals surface area contributed by atoms with E-state index in [1.54, 1.807) is 18.2 Å². The van der Waals surface area contributed by atoms with E-state index in [-0.39, 0.29) is 35.0 Å². The Kier molecular flexibility index (Phi) is 5.58. The van der Waals surface area contributed by atoms with Gasteiger partial charge in [-0.15, -0.1) is 0 Å². The highest BCUT2D eigenvalue weighted by molar-refractivity contribution is 5.83. The van der Waals surface area contributed by atoms with Crippen LogP contribution in [0.15, 0.2) is 51.7 Å². The van der Waals surface area contributed by atoms with Crippen molar-refractivity contribution in [1.29, 1.82) is 0 Å². The van der Waals surface area contributed by atoms with Crippen molar-refractivity contribution in [2.24, 2.45) is 11.7 Å². The van der Waals surface area contributed by atoms with Crippen LogP contribution in [0, 0.1) is 5.92 Å². The number of rotatable bonds is 6. The monoisotopic (exact) mass is 385 g/mol. The van der Waals surface area contributed by atoms with Gasteiger partial charge in [0.2, 0.25) is 11.2 Å². The zero-order valence-corrected chi connectivity index (χ0v) is 15.6. The number of hydrogen-bond donors (Lipinski definition) is 4. The van der Waals surface area contributed by atoms with Gasteiger partial charge in [-0.3, -0.25) is 4.79 Å². The number of phenolic OH excluding ortho intramolecular Hbond substituents is 1. The van der Waals surface area contributed by atoms with Crippen molar-refractivity contribution in [3.63, 3.8) is 0 Å². The topological polar surface area (TPSA) is 126 Å². The molecule has 1 aromatic heterocycles. The zero-order chi connectivity index (χ0) is 20.4. The van der Waals surface area contributed by atoms with E-state index in [1.807, 2.05) is 13.8 Å². The van der Waals surface area contributed by atoms with Gasteiger partial charge in [0, 0.05) is 17.7 Å². The number of aromatic hydroxyl groups is 2. The van der Waals surface area contributed by atoms with Gasteiger partial charge in [0.25, 0.3) is 0 Å². The van der Waals surface area contributed by atoms with Gasteiger partial charge >= 0.3 is 0 Å². The number of benzene rings is 2. The first kappa shape index (κ1) is 19.7. The minimum absolute atomic E-state index is 0.00736. The second-order valence-electron chi connectivity index (χ2n) is 7.02. The van der Waals surface area contributed by atoms with E-state index in [4.69, 9.17) is 14.9 Å². The summed E-state index contributed by atoms with van der Waals surface area (Å²) in [4.78, 5) is 12.5. The molecule has 2 aromatic carbocycles. The first-order chi connectivity index (χ1) is 13.3. The van der Waals surface area contributed by atoms with Crippen molar-refractivity contribution >= 4 is 11.0 Å². The van der Waals surface area contributed by atoms with E-state index < -0.39 is 23.3 Å². The molecule has 0 saturated heterocycles. The Labute approximate surface area is 161 Å². The Bertz CT molecular complexity index is 1040. The van der Waals surface area contributed by atoms with Crippen LogP contribution >= 0.6 is 0 Å². The number of ether oxygens (including phenoxy) is 1. The van der Waals surface area contributed by atoms with Crippen molar-refractivity contribution in [2.75, 3.05) is 6.61 Å². The molecule has 1 unspecified atom stereocenters. The molecule has 0 bridgehead atoms. The number of aliphatic hydroxyl groups excluding tert-OH is 1. The third-order valence-corrected chi connectivity index (χ3v) is 4.58. The lowest BCUT2D eigenvalue weighted by molar-refractivity contribution is 0.0715. The molecular weight excluding hydrogens is 362 g/mol. The van der Waals surface area contributed by atoms with Crippen molar-refractivity contribution in [3.05, 3.63) is 52.7 Å². The molecule has 1 heterocycles. The lowest BCUT2D eigenvalue weighted by atomic mass is 10.0. The summed E-state index contributed by atoms with van der Waals surface area (Å²) in [5.41, 5.74) is 5.89. The molecular formula is C21H23NO6. The van der Waals surface area contributed by atoms with Crippen LogP contribution in [0.1, 0.15) is 13.8 Å². The van der Waals surface area contributed by atoms with Gasteiger partial charge in [-0.1, -0.05) is 26.0 Å². The van der Waals surface area contributed by atoms with Crippen molar-refractivity contribution in [3.8, 4) is 28.6 Å². The van der Waals surface area contributed by atoms with Gasteiger partial charge in [0.15, 0.2) is 5.76 Å². The molecule has 0 saturated carbocycles. The van der Waals surface area contributed by atoms with Gasteiger partial charge in [-0.2, -0.15) is 0 Å².